The summed E-state index contributed by atoms with van der Waals surface area (Å²) in [4.78, 5) is 25.0. The van der Waals surface area contributed by atoms with Crippen LogP contribution in [0.2, 0.25) is 0 Å². The zero-order valence-corrected chi connectivity index (χ0v) is 17.0. The minimum Gasteiger partial charge on any atom is -0.328 e. The number of carbonyl (C=O) groups is 1. The summed E-state index contributed by atoms with van der Waals surface area (Å²) in [5.74, 6) is 0.0228. The second-order valence-electron chi connectivity index (χ2n) is 7.76. The van der Waals surface area contributed by atoms with E-state index < -0.39 is 0 Å². The number of aromatic nitrogens is 4. The highest BCUT2D eigenvalue weighted by atomic mass is 16.2. The molecular weight excluding hydrogens is 350 g/mol. The quantitative estimate of drug-likeness (QED) is 0.687. The van der Waals surface area contributed by atoms with Gasteiger partial charge in [0.15, 0.2) is 5.65 Å². The monoisotopic (exact) mass is 377 g/mol. The molecule has 6 heteroatoms. The summed E-state index contributed by atoms with van der Waals surface area (Å²) < 4.78 is 1.86. The maximum atomic E-state index is 13.7. The zero-order valence-electron chi connectivity index (χ0n) is 17.0. The van der Waals surface area contributed by atoms with Gasteiger partial charge in [0, 0.05) is 24.2 Å². The number of rotatable bonds is 4. The van der Waals surface area contributed by atoms with Gasteiger partial charge in [0.25, 0.3) is 5.91 Å². The van der Waals surface area contributed by atoms with Crippen LogP contribution in [-0.2, 0) is 13.0 Å². The predicted octanol–water partition coefficient (Wildman–Crippen LogP) is 4.08. The van der Waals surface area contributed by atoms with Crippen LogP contribution in [0.15, 0.2) is 30.6 Å². The molecule has 6 nitrogen and oxygen atoms in total. The summed E-state index contributed by atoms with van der Waals surface area (Å²) in [6, 6.07) is 6.13. The van der Waals surface area contributed by atoms with Crippen LogP contribution >= 0.6 is 0 Å². The third-order valence-electron chi connectivity index (χ3n) is 5.62. The summed E-state index contributed by atoms with van der Waals surface area (Å²) in [5.41, 5.74) is 4.53. The first-order valence-corrected chi connectivity index (χ1v) is 10.1. The number of carbonyl (C=O) groups excluding carboxylic acids is 1. The second kappa shape index (κ2) is 7.34. The van der Waals surface area contributed by atoms with Crippen LogP contribution in [0.4, 0.5) is 0 Å². The number of hydrogen-bond donors (Lipinski definition) is 0. The van der Waals surface area contributed by atoms with E-state index in [1.165, 1.54) is 5.56 Å². The summed E-state index contributed by atoms with van der Waals surface area (Å²) in [7, 11) is 0. The molecule has 0 aliphatic heterocycles. The Hall–Kier alpha value is -2.76. The van der Waals surface area contributed by atoms with E-state index in [0.29, 0.717) is 5.56 Å². The lowest BCUT2D eigenvalue weighted by Gasteiger charge is -2.38. The first-order chi connectivity index (χ1) is 13.5. The molecule has 3 heterocycles. The molecule has 1 aliphatic rings. The van der Waals surface area contributed by atoms with Crippen LogP contribution in [0.3, 0.4) is 0 Å². The molecule has 3 aromatic rings. The first kappa shape index (κ1) is 18.6. The average molecular weight is 377 g/mol. The highest BCUT2D eigenvalue weighted by molar-refractivity contribution is 5.98. The van der Waals surface area contributed by atoms with Gasteiger partial charge in [-0.1, -0.05) is 6.07 Å². The van der Waals surface area contributed by atoms with Gasteiger partial charge in [0.05, 0.1) is 29.2 Å². The maximum absolute atomic E-state index is 13.7. The van der Waals surface area contributed by atoms with Gasteiger partial charge in [-0.15, -0.1) is 0 Å². The van der Waals surface area contributed by atoms with Crippen LogP contribution in [0.25, 0.3) is 11.0 Å². The lowest BCUT2D eigenvalue weighted by atomic mass is 9.89. The Bertz CT molecular complexity index is 1020. The van der Waals surface area contributed by atoms with Crippen LogP contribution in [0, 0.1) is 6.92 Å². The number of hydrogen-bond acceptors (Lipinski definition) is 4. The molecule has 0 bridgehead atoms. The van der Waals surface area contributed by atoms with E-state index >= 15 is 0 Å². The largest absolute Gasteiger partial charge is 0.328 e. The Morgan fingerprint density at radius 1 is 1.39 bits per heavy atom. The molecule has 0 saturated heterocycles. The van der Waals surface area contributed by atoms with E-state index in [1.807, 2.05) is 41.8 Å². The molecule has 146 valence electrons. The van der Waals surface area contributed by atoms with Gasteiger partial charge in [0.1, 0.15) is 0 Å². The number of aryl methyl sites for hydroxylation is 3. The molecule has 3 aromatic heterocycles. The molecule has 1 unspecified atom stereocenters. The van der Waals surface area contributed by atoms with E-state index in [4.69, 9.17) is 4.98 Å². The van der Waals surface area contributed by atoms with E-state index in [0.717, 1.165) is 48.2 Å². The lowest BCUT2D eigenvalue weighted by Crippen LogP contribution is -2.42. The number of nitrogens with zero attached hydrogens (tertiary/aromatic N) is 5. The molecule has 0 fully saturated rings. The minimum atomic E-state index is 0.00547. The highest BCUT2D eigenvalue weighted by Gasteiger charge is 2.33. The average Bonchev–Trinajstić information content (AvgIpc) is 3.09. The van der Waals surface area contributed by atoms with E-state index in [1.54, 1.807) is 6.20 Å². The van der Waals surface area contributed by atoms with Crippen LogP contribution in [-0.4, -0.2) is 36.6 Å². The van der Waals surface area contributed by atoms with Gasteiger partial charge in [-0.25, -0.2) is 9.67 Å². The Kier molecular flexibility index (Phi) is 4.87. The normalized spacial score (nSPS) is 16.4. The van der Waals surface area contributed by atoms with Crippen molar-refractivity contribution in [1.82, 2.24) is 24.6 Å². The number of pyridine rings is 2. The molecular formula is C22H27N5O. The fraction of sp³-hybridized carbons (Fsp3) is 0.455. The smallest absolute Gasteiger partial charge is 0.256 e. The summed E-state index contributed by atoms with van der Waals surface area (Å²) in [6.07, 6.45) is 6.66. The van der Waals surface area contributed by atoms with Crippen molar-refractivity contribution in [3.05, 3.63) is 53.1 Å². The fourth-order valence-electron chi connectivity index (χ4n) is 4.28. The summed E-state index contributed by atoms with van der Waals surface area (Å²) in [5, 5.41) is 5.28. The highest BCUT2D eigenvalue weighted by Crippen LogP contribution is 2.35. The predicted molar refractivity (Wildman–Crippen MR) is 109 cm³/mol. The SMILES string of the molecule is CCn1ncc2cc(C(=O)N(C(C)C)C3CCCc4cccnc43)c(C)nc21. The Labute approximate surface area is 165 Å². The molecule has 4 rings (SSSR count). The van der Waals surface area contributed by atoms with Crippen molar-refractivity contribution in [2.45, 2.75) is 65.6 Å². The molecule has 0 radical (unpaired) electrons. The van der Waals surface area contributed by atoms with E-state index in [-0.39, 0.29) is 18.0 Å². The van der Waals surface area contributed by atoms with Crippen molar-refractivity contribution in [1.29, 1.82) is 0 Å². The van der Waals surface area contributed by atoms with Crippen molar-refractivity contribution in [2.75, 3.05) is 0 Å². The van der Waals surface area contributed by atoms with Gasteiger partial charge in [-0.3, -0.25) is 9.78 Å². The van der Waals surface area contributed by atoms with Crippen LogP contribution in [0.5, 0.6) is 0 Å². The molecule has 1 aliphatic carbocycles. The summed E-state index contributed by atoms with van der Waals surface area (Å²) in [6.45, 7) is 8.85. The molecule has 0 aromatic carbocycles. The molecule has 0 spiro atoms. The fourth-order valence-corrected chi connectivity index (χ4v) is 4.28. The van der Waals surface area contributed by atoms with Gasteiger partial charge in [-0.05, 0) is 64.7 Å². The topological polar surface area (TPSA) is 63.9 Å². The van der Waals surface area contributed by atoms with Crippen molar-refractivity contribution in [3.8, 4) is 0 Å². The first-order valence-electron chi connectivity index (χ1n) is 10.1. The van der Waals surface area contributed by atoms with Crippen molar-refractivity contribution in [3.63, 3.8) is 0 Å². The van der Waals surface area contributed by atoms with Gasteiger partial charge in [-0.2, -0.15) is 5.10 Å². The molecule has 1 amide bonds. The Balaban J connectivity index is 1.77. The lowest BCUT2D eigenvalue weighted by molar-refractivity contribution is 0.0575. The molecule has 0 saturated carbocycles. The van der Waals surface area contributed by atoms with Gasteiger partial charge < -0.3 is 4.90 Å². The standard InChI is InChI=1S/C22H27N5O/c1-5-26-21-17(13-24-26)12-18(15(4)25-21)22(28)27(14(2)3)19-10-6-8-16-9-7-11-23-20(16)19/h7,9,11-14,19H,5-6,8,10H2,1-4H3. The third-order valence-corrected chi connectivity index (χ3v) is 5.62. The number of amides is 1. The van der Waals surface area contributed by atoms with E-state index in [2.05, 4.69) is 30.0 Å². The van der Waals surface area contributed by atoms with Gasteiger partial charge in [0.2, 0.25) is 0 Å². The Morgan fingerprint density at radius 2 is 2.21 bits per heavy atom. The minimum absolute atomic E-state index is 0.00547. The number of fused-ring (bicyclic) bond motifs is 2. The zero-order chi connectivity index (χ0) is 19.8. The maximum Gasteiger partial charge on any atom is 0.256 e. The Morgan fingerprint density at radius 3 is 2.96 bits per heavy atom. The third kappa shape index (κ3) is 3.07. The second-order valence-corrected chi connectivity index (χ2v) is 7.76. The van der Waals surface area contributed by atoms with Gasteiger partial charge >= 0.3 is 0 Å². The summed E-state index contributed by atoms with van der Waals surface area (Å²) >= 11 is 0. The molecule has 0 N–H and O–H groups in total. The van der Waals surface area contributed by atoms with Crippen LogP contribution < -0.4 is 0 Å². The van der Waals surface area contributed by atoms with Crippen molar-refractivity contribution >= 4 is 16.9 Å². The van der Waals surface area contributed by atoms with E-state index in [9.17, 15) is 4.79 Å². The van der Waals surface area contributed by atoms with Crippen molar-refractivity contribution < 1.29 is 4.79 Å². The van der Waals surface area contributed by atoms with Crippen molar-refractivity contribution in [2.24, 2.45) is 0 Å². The van der Waals surface area contributed by atoms with Crippen LogP contribution in [0.1, 0.15) is 67.0 Å². The molecule has 1 atom stereocenters. The molecule has 28 heavy (non-hydrogen) atoms.